The Labute approximate surface area is 188 Å². The van der Waals surface area contributed by atoms with Gasteiger partial charge >= 0.3 is 6.18 Å². The van der Waals surface area contributed by atoms with Gasteiger partial charge in [-0.05, 0) is 74.4 Å². The third-order valence-corrected chi connectivity index (χ3v) is 6.73. The van der Waals surface area contributed by atoms with Crippen molar-refractivity contribution in [3.63, 3.8) is 0 Å². The number of anilines is 1. The molecule has 3 aromatic rings. The largest absolute Gasteiger partial charge is 0.490 e. The predicted molar refractivity (Wildman–Crippen MR) is 117 cm³/mol. The summed E-state index contributed by atoms with van der Waals surface area (Å²) in [6.07, 6.45) is -0.722. The Kier molecular flexibility index (Phi) is 5.14. The molecule has 2 aliphatic rings. The van der Waals surface area contributed by atoms with Gasteiger partial charge < -0.3 is 15.0 Å². The molecule has 5 rings (SSSR count). The zero-order chi connectivity index (χ0) is 23.4. The molecule has 0 aliphatic heterocycles. The Hall–Kier alpha value is -3.03. The van der Waals surface area contributed by atoms with Crippen molar-refractivity contribution in [1.29, 1.82) is 0 Å². The van der Waals surface area contributed by atoms with Gasteiger partial charge in [0.1, 0.15) is 11.4 Å². The molecule has 4 nitrogen and oxygen atoms in total. The minimum atomic E-state index is -4.33. The third kappa shape index (κ3) is 4.43. The number of halogens is 4. The summed E-state index contributed by atoms with van der Waals surface area (Å²) in [7, 11) is 0. The summed E-state index contributed by atoms with van der Waals surface area (Å²) in [6, 6.07) is 10.9. The number of carbonyl (C=O) groups is 1. The molecule has 2 N–H and O–H groups in total. The molecule has 2 aliphatic carbocycles. The number of hydrogen-bond acceptors (Lipinski definition) is 2. The fourth-order valence-corrected chi connectivity index (χ4v) is 4.74. The molecular weight excluding hydrogens is 436 g/mol. The molecular formula is C25H24F4N2O2. The van der Waals surface area contributed by atoms with Crippen LogP contribution in [-0.2, 0) is 11.0 Å². The molecule has 1 aromatic heterocycles. The normalized spacial score (nSPS) is 27.0. The number of aromatic nitrogens is 1. The second-order valence-corrected chi connectivity index (χ2v) is 9.45. The van der Waals surface area contributed by atoms with Gasteiger partial charge in [-0.25, -0.2) is 4.39 Å². The molecule has 0 bridgehead atoms. The van der Waals surface area contributed by atoms with Gasteiger partial charge in [0.05, 0.1) is 17.4 Å². The first kappa shape index (κ1) is 21.8. The molecule has 2 fully saturated rings. The predicted octanol–water partition coefficient (Wildman–Crippen LogP) is 6.59. The van der Waals surface area contributed by atoms with E-state index in [1.807, 2.05) is 18.2 Å². The first-order valence-corrected chi connectivity index (χ1v) is 11.0. The Morgan fingerprint density at radius 3 is 2.45 bits per heavy atom. The van der Waals surface area contributed by atoms with Crippen LogP contribution in [0.2, 0.25) is 0 Å². The maximum Gasteiger partial charge on any atom is 0.416 e. The van der Waals surface area contributed by atoms with Gasteiger partial charge in [0, 0.05) is 23.0 Å². The molecule has 0 saturated heterocycles. The number of H-pyrrole nitrogens is 1. The Morgan fingerprint density at radius 2 is 1.82 bits per heavy atom. The van der Waals surface area contributed by atoms with Crippen molar-refractivity contribution in [2.24, 2.45) is 5.92 Å². The lowest BCUT2D eigenvalue weighted by Crippen LogP contribution is -2.43. The Balaban J connectivity index is 1.20. The first-order valence-electron chi connectivity index (χ1n) is 11.0. The highest BCUT2D eigenvalue weighted by Crippen LogP contribution is 2.42. The molecule has 1 amide bonds. The summed E-state index contributed by atoms with van der Waals surface area (Å²) in [4.78, 5) is 15.5. The highest BCUT2D eigenvalue weighted by atomic mass is 19.4. The van der Waals surface area contributed by atoms with Crippen LogP contribution in [0.15, 0.2) is 48.7 Å². The fraction of sp³-hybridized carbons (Fsp3) is 0.400. The number of aromatic amines is 1. The van der Waals surface area contributed by atoms with Crippen LogP contribution in [0.1, 0.15) is 49.7 Å². The average molecular weight is 460 g/mol. The summed E-state index contributed by atoms with van der Waals surface area (Å²) in [6.45, 7) is 1.51. The number of carbonyl (C=O) groups excluding carboxylic acids is 1. The van der Waals surface area contributed by atoms with Gasteiger partial charge in [-0.1, -0.05) is 12.1 Å². The van der Waals surface area contributed by atoms with Gasteiger partial charge in [0.25, 0.3) is 0 Å². The van der Waals surface area contributed by atoms with E-state index in [0.29, 0.717) is 11.4 Å². The highest BCUT2D eigenvalue weighted by molar-refractivity contribution is 6.03. The lowest BCUT2D eigenvalue weighted by atomic mass is 9.73. The molecule has 2 saturated carbocycles. The van der Waals surface area contributed by atoms with Crippen LogP contribution in [0.5, 0.6) is 5.75 Å². The monoisotopic (exact) mass is 460 g/mol. The summed E-state index contributed by atoms with van der Waals surface area (Å²) in [5, 5.41) is 3.69. The van der Waals surface area contributed by atoms with Crippen LogP contribution in [0.4, 0.5) is 23.2 Å². The van der Waals surface area contributed by atoms with E-state index in [4.69, 9.17) is 4.74 Å². The van der Waals surface area contributed by atoms with Gasteiger partial charge in [-0.3, -0.25) is 4.79 Å². The highest BCUT2D eigenvalue weighted by Gasteiger charge is 2.44. The van der Waals surface area contributed by atoms with E-state index in [-0.39, 0.29) is 36.7 Å². The minimum absolute atomic E-state index is 0.0241. The molecule has 1 heterocycles. The van der Waals surface area contributed by atoms with E-state index in [0.717, 1.165) is 41.4 Å². The first-order chi connectivity index (χ1) is 15.6. The third-order valence-electron chi connectivity index (χ3n) is 6.73. The maximum atomic E-state index is 13.7. The quantitative estimate of drug-likeness (QED) is 0.422. The molecule has 2 aromatic carbocycles. The number of amides is 1. The van der Waals surface area contributed by atoms with E-state index < -0.39 is 17.4 Å². The van der Waals surface area contributed by atoms with Crippen LogP contribution < -0.4 is 10.1 Å². The molecule has 33 heavy (non-hydrogen) atoms. The summed E-state index contributed by atoms with van der Waals surface area (Å²) in [5.41, 5.74) is 0.456. The Bertz CT molecular complexity index is 1170. The van der Waals surface area contributed by atoms with Crippen molar-refractivity contribution in [3.8, 4) is 5.75 Å². The van der Waals surface area contributed by atoms with Crippen LogP contribution in [0.25, 0.3) is 10.9 Å². The maximum absolute atomic E-state index is 13.7. The van der Waals surface area contributed by atoms with Crippen molar-refractivity contribution in [2.45, 2.75) is 56.5 Å². The second kappa shape index (κ2) is 7.78. The number of rotatable bonds is 5. The van der Waals surface area contributed by atoms with Crippen molar-refractivity contribution < 1.29 is 27.1 Å². The van der Waals surface area contributed by atoms with Crippen molar-refractivity contribution >= 4 is 22.5 Å². The molecule has 0 atom stereocenters. The van der Waals surface area contributed by atoms with Crippen molar-refractivity contribution in [2.75, 3.05) is 5.32 Å². The van der Waals surface area contributed by atoms with Crippen LogP contribution in [0.3, 0.4) is 0 Å². The Morgan fingerprint density at radius 1 is 1.12 bits per heavy atom. The number of benzene rings is 2. The standard InChI is InChI=1S/C25H24F4N2O2/c1-24(26)11-16(12-24)23(32)31-22-13-30-21-7-6-18(10-20(21)22)33-19-8-15(9-19)14-2-4-17(5-3-14)25(27,28)29/h2-7,10,13,15-16,19,30H,8-9,11-12H2,1H3,(H,31,32). The van der Waals surface area contributed by atoms with E-state index in [9.17, 15) is 22.4 Å². The van der Waals surface area contributed by atoms with E-state index >= 15 is 0 Å². The second-order valence-electron chi connectivity index (χ2n) is 9.45. The zero-order valence-corrected chi connectivity index (χ0v) is 18.0. The van der Waals surface area contributed by atoms with Crippen LogP contribution in [0, 0.1) is 5.92 Å². The number of fused-ring (bicyclic) bond motifs is 1. The summed E-state index contributed by atoms with van der Waals surface area (Å²) >= 11 is 0. The van der Waals surface area contributed by atoms with E-state index in [2.05, 4.69) is 10.3 Å². The smallest absolute Gasteiger partial charge is 0.416 e. The van der Waals surface area contributed by atoms with Crippen LogP contribution >= 0.6 is 0 Å². The molecule has 174 valence electrons. The summed E-state index contributed by atoms with van der Waals surface area (Å²) in [5.74, 6) is 0.331. The lowest BCUT2D eigenvalue weighted by molar-refractivity contribution is -0.137. The fourth-order valence-electron chi connectivity index (χ4n) is 4.74. The van der Waals surface area contributed by atoms with Crippen molar-refractivity contribution in [1.82, 2.24) is 4.98 Å². The van der Waals surface area contributed by atoms with Gasteiger partial charge in [-0.15, -0.1) is 0 Å². The SMILES string of the molecule is CC1(F)CC(C(=O)Nc2c[nH]c3ccc(OC4CC(c5ccc(C(F)(F)F)cc5)C4)cc23)C1. The van der Waals surface area contributed by atoms with Crippen molar-refractivity contribution in [3.05, 3.63) is 59.8 Å². The zero-order valence-electron chi connectivity index (χ0n) is 18.0. The molecule has 0 spiro atoms. The number of nitrogens with one attached hydrogen (secondary N) is 2. The molecule has 8 heteroatoms. The van der Waals surface area contributed by atoms with Gasteiger partial charge in [0.2, 0.25) is 5.91 Å². The molecule has 0 radical (unpaired) electrons. The topological polar surface area (TPSA) is 54.1 Å². The summed E-state index contributed by atoms with van der Waals surface area (Å²) < 4.78 is 58.0. The van der Waals surface area contributed by atoms with Gasteiger partial charge in [-0.2, -0.15) is 13.2 Å². The van der Waals surface area contributed by atoms with Gasteiger partial charge in [0.15, 0.2) is 0 Å². The van der Waals surface area contributed by atoms with E-state index in [1.54, 1.807) is 6.20 Å². The lowest BCUT2D eigenvalue weighted by Gasteiger charge is -2.37. The number of hydrogen-bond donors (Lipinski definition) is 2. The van der Waals surface area contributed by atoms with E-state index in [1.165, 1.54) is 19.1 Å². The average Bonchev–Trinajstić information content (AvgIpc) is 3.10. The molecule has 0 unspecified atom stereocenters. The number of alkyl halides is 4. The minimum Gasteiger partial charge on any atom is -0.490 e. The number of ether oxygens (including phenoxy) is 1. The van der Waals surface area contributed by atoms with Crippen LogP contribution in [-0.4, -0.2) is 22.7 Å².